The summed E-state index contributed by atoms with van der Waals surface area (Å²) in [5.41, 5.74) is 13.6. The van der Waals surface area contributed by atoms with Crippen molar-refractivity contribution in [3.63, 3.8) is 0 Å². The van der Waals surface area contributed by atoms with Crippen molar-refractivity contribution in [3.8, 4) is 11.8 Å². The second-order valence-corrected chi connectivity index (χ2v) is 11.5. The second-order valence-electron chi connectivity index (χ2n) is 11.5. The maximum atomic E-state index is 11.3. The molecule has 1 unspecified atom stereocenters. The van der Waals surface area contributed by atoms with Crippen LogP contribution >= 0.6 is 0 Å². The van der Waals surface area contributed by atoms with Gasteiger partial charge in [0.05, 0.1) is 0 Å². The van der Waals surface area contributed by atoms with Crippen LogP contribution < -0.4 is 11.1 Å². The molecule has 0 aromatic heterocycles. The lowest BCUT2D eigenvalue weighted by Crippen LogP contribution is -2.35. The average molecular weight is 495 g/mol. The predicted octanol–water partition coefficient (Wildman–Crippen LogP) is 6.18. The number of rotatable bonds is 6. The van der Waals surface area contributed by atoms with Crippen LogP contribution in [0.25, 0.3) is 0 Å². The lowest BCUT2D eigenvalue weighted by Gasteiger charge is -2.43. The van der Waals surface area contributed by atoms with Crippen LogP contribution in [0.1, 0.15) is 90.4 Å². The van der Waals surface area contributed by atoms with Gasteiger partial charge in [-0.3, -0.25) is 4.79 Å². The Hall–Kier alpha value is -3.55. The summed E-state index contributed by atoms with van der Waals surface area (Å²) in [4.78, 5) is 11.3. The molecule has 0 heterocycles. The maximum absolute atomic E-state index is 11.3. The Morgan fingerprint density at radius 1 is 1.00 bits per heavy atom. The van der Waals surface area contributed by atoms with Crippen LogP contribution in [0.4, 0.5) is 5.69 Å². The third-order valence-electron chi connectivity index (χ3n) is 7.63. The summed E-state index contributed by atoms with van der Waals surface area (Å²) in [5.74, 6) is 5.57. The summed E-state index contributed by atoms with van der Waals surface area (Å²) < 4.78 is 0. The van der Waals surface area contributed by atoms with Crippen LogP contribution in [0.15, 0.2) is 60.7 Å². The van der Waals surface area contributed by atoms with E-state index in [-0.39, 0.29) is 10.8 Å². The van der Waals surface area contributed by atoms with E-state index in [0.29, 0.717) is 5.56 Å². The molecule has 0 saturated carbocycles. The minimum atomic E-state index is -0.931. The Morgan fingerprint density at radius 3 is 2.30 bits per heavy atom. The van der Waals surface area contributed by atoms with Crippen molar-refractivity contribution in [2.75, 3.05) is 11.9 Å². The van der Waals surface area contributed by atoms with Gasteiger partial charge in [-0.05, 0) is 89.6 Å². The van der Waals surface area contributed by atoms with Gasteiger partial charge in [0.1, 0.15) is 6.10 Å². The van der Waals surface area contributed by atoms with Crippen LogP contribution in [0.3, 0.4) is 0 Å². The highest BCUT2D eigenvalue weighted by atomic mass is 16.3. The van der Waals surface area contributed by atoms with Gasteiger partial charge in [-0.15, -0.1) is 0 Å². The van der Waals surface area contributed by atoms with Crippen LogP contribution in [0, 0.1) is 18.8 Å². The van der Waals surface area contributed by atoms with E-state index < -0.39 is 12.0 Å². The molecule has 4 nitrogen and oxygen atoms in total. The van der Waals surface area contributed by atoms with Crippen LogP contribution in [0.5, 0.6) is 0 Å². The standard InChI is InChI=1S/C33H38N2O2/c1-22-6-8-24(9-7-22)16-19-35-28-21-26(20-27-30(28)33(4,5)18-17-32(27,2)3)29(36)15-12-23-10-13-25(14-11-23)31(34)37/h6-11,13-14,20-21,29,35-36H,16-19H2,1-5H3,(H2,34,37). The molecule has 3 aromatic rings. The van der Waals surface area contributed by atoms with Gasteiger partial charge >= 0.3 is 0 Å². The number of amides is 1. The van der Waals surface area contributed by atoms with Gasteiger partial charge in [0.15, 0.2) is 0 Å². The van der Waals surface area contributed by atoms with E-state index in [1.807, 2.05) is 0 Å². The number of hydrogen-bond donors (Lipinski definition) is 3. The van der Waals surface area contributed by atoms with Crippen LogP contribution in [-0.4, -0.2) is 17.6 Å². The molecule has 0 aliphatic heterocycles. The molecule has 4 heteroatoms. The maximum Gasteiger partial charge on any atom is 0.248 e. The first-order valence-corrected chi connectivity index (χ1v) is 13.0. The van der Waals surface area contributed by atoms with Crippen molar-refractivity contribution >= 4 is 11.6 Å². The highest BCUT2D eigenvalue weighted by Crippen LogP contribution is 2.49. The number of aliphatic hydroxyl groups is 1. The quantitative estimate of drug-likeness (QED) is 0.358. The normalized spacial score (nSPS) is 16.2. The van der Waals surface area contributed by atoms with Gasteiger partial charge in [-0.2, -0.15) is 0 Å². The number of aryl methyl sites for hydroxylation is 1. The number of anilines is 1. The summed E-state index contributed by atoms with van der Waals surface area (Å²) in [6.07, 6.45) is 2.20. The third-order valence-corrected chi connectivity index (χ3v) is 7.63. The fourth-order valence-corrected chi connectivity index (χ4v) is 5.16. The van der Waals surface area contributed by atoms with Gasteiger partial charge in [0.2, 0.25) is 5.91 Å². The smallest absolute Gasteiger partial charge is 0.248 e. The summed E-state index contributed by atoms with van der Waals surface area (Å²) in [5, 5.41) is 14.8. The molecule has 0 saturated heterocycles. The number of primary amides is 1. The Kier molecular flexibility index (Phi) is 7.48. The number of benzene rings is 3. The largest absolute Gasteiger partial charge is 0.384 e. The number of carbonyl (C=O) groups is 1. The first-order chi connectivity index (χ1) is 17.5. The topological polar surface area (TPSA) is 75.3 Å². The zero-order valence-corrected chi connectivity index (χ0v) is 22.6. The Morgan fingerprint density at radius 2 is 1.65 bits per heavy atom. The summed E-state index contributed by atoms with van der Waals surface area (Å²) >= 11 is 0. The zero-order chi connectivity index (χ0) is 26.8. The number of hydrogen-bond acceptors (Lipinski definition) is 3. The fraction of sp³-hybridized carbons (Fsp3) is 0.364. The highest BCUT2D eigenvalue weighted by molar-refractivity contribution is 5.92. The Balaban J connectivity index is 1.65. The molecule has 1 aliphatic carbocycles. The molecule has 3 aromatic carbocycles. The second kappa shape index (κ2) is 10.4. The van der Waals surface area contributed by atoms with Gasteiger partial charge < -0.3 is 16.2 Å². The van der Waals surface area contributed by atoms with E-state index in [1.165, 1.54) is 22.3 Å². The van der Waals surface area contributed by atoms with E-state index in [2.05, 4.69) is 88.2 Å². The number of nitrogens with one attached hydrogen (secondary N) is 1. The Labute approximate surface area is 221 Å². The first kappa shape index (κ1) is 26.5. The summed E-state index contributed by atoms with van der Waals surface area (Å²) in [6, 6.07) is 19.7. The van der Waals surface area contributed by atoms with Crippen molar-refractivity contribution in [3.05, 3.63) is 99.6 Å². The number of carbonyl (C=O) groups excluding carboxylic acids is 1. The molecule has 192 valence electrons. The molecule has 0 spiro atoms. The summed E-state index contributed by atoms with van der Waals surface area (Å²) in [7, 11) is 0. The van der Waals surface area contributed by atoms with Crippen molar-refractivity contribution in [2.45, 2.75) is 70.8 Å². The van der Waals surface area contributed by atoms with Gasteiger partial charge in [0.25, 0.3) is 0 Å². The van der Waals surface area contributed by atoms with Crippen molar-refractivity contribution in [2.24, 2.45) is 5.73 Å². The first-order valence-electron chi connectivity index (χ1n) is 13.0. The van der Waals surface area contributed by atoms with Crippen molar-refractivity contribution in [1.29, 1.82) is 0 Å². The average Bonchev–Trinajstić information content (AvgIpc) is 2.86. The van der Waals surface area contributed by atoms with Crippen molar-refractivity contribution < 1.29 is 9.90 Å². The molecule has 0 radical (unpaired) electrons. The molecule has 1 atom stereocenters. The minimum Gasteiger partial charge on any atom is -0.384 e. The number of nitrogens with two attached hydrogens (primary N) is 1. The fourth-order valence-electron chi connectivity index (χ4n) is 5.16. The molecule has 1 aliphatic rings. The number of fused-ring (bicyclic) bond motifs is 1. The lowest BCUT2D eigenvalue weighted by molar-refractivity contribution is 0.100. The lowest BCUT2D eigenvalue weighted by atomic mass is 9.62. The van der Waals surface area contributed by atoms with Crippen molar-refractivity contribution in [1.82, 2.24) is 0 Å². The highest BCUT2D eigenvalue weighted by Gasteiger charge is 2.39. The van der Waals surface area contributed by atoms with Crippen LogP contribution in [-0.2, 0) is 17.3 Å². The molecule has 37 heavy (non-hydrogen) atoms. The van der Waals surface area contributed by atoms with E-state index in [9.17, 15) is 9.90 Å². The minimum absolute atomic E-state index is 0.00594. The van der Waals surface area contributed by atoms with Gasteiger partial charge in [-0.1, -0.05) is 75.4 Å². The predicted molar refractivity (Wildman–Crippen MR) is 152 cm³/mol. The molecule has 0 bridgehead atoms. The molecule has 4 N–H and O–H groups in total. The monoisotopic (exact) mass is 494 g/mol. The zero-order valence-electron chi connectivity index (χ0n) is 22.6. The molecule has 0 fully saturated rings. The van der Waals surface area contributed by atoms with E-state index in [0.717, 1.165) is 42.6 Å². The SMILES string of the molecule is Cc1ccc(CCNc2cc(C(O)C#Cc3ccc(C(N)=O)cc3)cc3c2C(C)(C)CCC3(C)C)cc1. The Bertz CT molecular complexity index is 1340. The van der Waals surface area contributed by atoms with E-state index in [1.54, 1.807) is 24.3 Å². The van der Waals surface area contributed by atoms with E-state index in [4.69, 9.17) is 5.73 Å². The van der Waals surface area contributed by atoms with Gasteiger partial charge in [-0.25, -0.2) is 0 Å². The van der Waals surface area contributed by atoms with Crippen LogP contribution in [0.2, 0.25) is 0 Å². The van der Waals surface area contributed by atoms with E-state index >= 15 is 0 Å². The molecular formula is C33H38N2O2. The third kappa shape index (κ3) is 6.06. The molecular weight excluding hydrogens is 456 g/mol. The molecule has 4 rings (SSSR count). The summed E-state index contributed by atoms with van der Waals surface area (Å²) in [6.45, 7) is 12.1. The number of aliphatic hydroxyl groups excluding tert-OH is 1. The molecule has 1 amide bonds. The van der Waals surface area contributed by atoms with Gasteiger partial charge in [0, 0.05) is 23.4 Å².